The summed E-state index contributed by atoms with van der Waals surface area (Å²) in [5, 5.41) is 3.57. The van der Waals surface area contributed by atoms with E-state index in [2.05, 4.69) is 5.32 Å². The highest BCUT2D eigenvalue weighted by molar-refractivity contribution is 7.92. The standard InChI is InChI=1S/C21H18Cl2N2O3S/c1-25(29(27,28)18-8-3-2-4-9-18)17-10-11-20(23)19(13-17)21(26)24-14-15-6-5-7-16(22)12-15/h2-13H,14H2,1H3,(H,24,26). The number of anilines is 1. The average Bonchev–Trinajstić information content (AvgIpc) is 2.72. The van der Waals surface area contributed by atoms with Crippen molar-refractivity contribution < 1.29 is 13.2 Å². The van der Waals surface area contributed by atoms with E-state index in [-0.39, 0.29) is 22.0 Å². The number of hydrogen-bond donors (Lipinski definition) is 1. The molecule has 1 amide bonds. The van der Waals surface area contributed by atoms with Crippen LogP contribution in [-0.4, -0.2) is 21.4 Å². The lowest BCUT2D eigenvalue weighted by Crippen LogP contribution is -2.27. The molecule has 8 heteroatoms. The van der Waals surface area contributed by atoms with Crippen molar-refractivity contribution in [2.75, 3.05) is 11.4 Å². The fourth-order valence-electron chi connectivity index (χ4n) is 2.70. The quantitative estimate of drug-likeness (QED) is 0.591. The zero-order valence-corrected chi connectivity index (χ0v) is 17.8. The van der Waals surface area contributed by atoms with Gasteiger partial charge in [0.05, 0.1) is 21.2 Å². The number of benzene rings is 3. The van der Waals surface area contributed by atoms with Gasteiger partial charge in [-0.1, -0.05) is 53.5 Å². The number of halogens is 2. The summed E-state index contributed by atoms with van der Waals surface area (Å²) in [7, 11) is -2.33. The normalized spacial score (nSPS) is 11.1. The number of carbonyl (C=O) groups excluding carboxylic acids is 1. The Morgan fingerprint density at radius 1 is 0.966 bits per heavy atom. The Balaban J connectivity index is 1.83. The van der Waals surface area contributed by atoms with Crippen molar-refractivity contribution in [3.63, 3.8) is 0 Å². The zero-order chi connectivity index (χ0) is 21.0. The third-order valence-electron chi connectivity index (χ3n) is 4.30. The smallest absolute Gasteiger partial charge is 0.264 e. The van der Waals surface area contributed by atoms with E-state index in [0.717, 1.165) is 9.87 Å². The topological polar surface area (TPSA) is 66.5 Å². The van der Waals surface area contributed by atoms with Crippen LogP contribution in [0, 0.1) is 0 Å². The molecule has 0 heterocycles. The molecule has 0 aliphatic rings. The maximum absolute atomic E-state index is 12.8. The van der Waals surface area contributed by atoms with Crippen LogP contribution in [0.3, 0.4) is 0 Å². The number of nitrogens with one attached hydrogen (secondary N) is 1. The monoisotopic (exact) mass is 448 g/mol. The van der Waals surface area contributed by atoms with E-state index < -0.39 is 15.9 Å². The van der Waals surface area contributed by atoms with Crippen LogP contribution >= 0.6 is 23.2 Å². The fraction of sp³-hybridized carbons (Fsp3) is 0.0952. The van der Waals surface area contributed by atoms with Gasteiger partial charge in [-0.05, 0) is 48.0 Å². The van der Waals surface area contributed by atoms with Crippen molar-refractivity contribution >= 4 is 44.8 Å². The van der Waals surface area contributed by atoms with Gasteiger partial charge in [0.2, 0.25) is 0 Å². The van der Waals surface area contributed by atoms with Crippen LogP contribution in [0.1, 0.15) is 15.9 Å². The number of carbonyl (C=O) groups is 1. The van der Waals surface area contributed by atoms with E-state index >= 15 is 0 Å². The van der Waals surface area contributed by atoms with E-state index in [9.17, 15) is 13.2 Å². The lowest BCUT2D eigenvalue weighted by molar-refractivity contribution is 0.0951. The molecule has 0 saturated heterocycles. The second-order valence-electron chi connectivity index (χ2n) is 6.26. The van der Waals surface area contributed by atoms with Crippen molar-refractivity contribution in [3.05, 3.63) is 94.0 Å². The summed E-state index contributed by atoms with van der Waals surface area (Å²) in [5.41, 5.74) is 1.34. The van der Waals surface area contributed by atoms with Gasteiger partial charge in [-0.15, -0.1) is 0 Å². The molecule has 0 aliphatic heterocycles. The van der Waals surface area contributed by atoms with Crippen LogP contribution in [-0.2, 0) is 16.6 Å². The van der Waals surface area contributed by atoms with Crippen molar-refractivity contribution in [2.45, 2.75) is 11.4 Å². The first-order chi connectivity index (χ1) is 13.8. The molecule has 0 bridgehead atoms. The van der Waals surface area contributed by atoms with Crippen LogP contribution < -0.4 is 9.62 Å². The SMILES string of the molecule is CN(c1ccc(Cl)c(C(=O)NCc2cccc(Cl)c2)c1)S(=O)(=O)c1ccccc1. The minimum atomic E-state index is -3.76. The fourth-order valence-corrected chi connectivity index (χ4v) is 4.32. The Labute approximate surface area is 179 Å². The van der Waals surface area contributed by atoms with E-state index in [1.807, 2.05) is 6.07 Å². The lowest BCUT2D eigenvalue weighted by Gasteiger charge is -2.20. The first kappa shape index (κ1) is 21.2. The van der Waals surface area contributed by atoms with Crippen LogP contribution in [0.25, 0.3) is 0 Å². The molecule has 0 radical (unpaired) electrons. The van der Waals surface area contributed by atoms with Crippen molar-refractivity contribution in [1.82, 2.24) is 5.32 Å². The Morgan fingerprint density at radius 2 is 1.69 bits per heavy atom. The van der Waals surface area contributed by atoms with Gasteiger partial charge in [-0.2, -0.15) is 0 Å². The molecule has 5 nitrogen and oxygen atoms in total. The van der Waals surface area contributed by atoms with Crippen LogP contribution in [0.5, 0.6) is 0 Å². The summed E-state index contributed by atoms with van der Waals surface area (Å²) in [5.74, 6) is -0.415. The predicted octanol–water partition coefficient (Wildman–Crippen LogP) is 4.75. The molecule has 29 heavy (non-hydrogen) atoms. The van der Waals surface area contributed by atoms with Gasteiger partial charge in [-0.3, -0.25) is 9.10 Å². The molecule has 0 unspecified atom stereocenters. The van der Waals surface area contributed by atoms with Crippen molar-refractivity contribution in [1.29, 1.82) is 0 Å². The highest BCUT2D eigenvalue weighted by Gasteiger charge is 2.22. The second kappa shape index (κ2) is 8.86. The Bertz CT molecular complexity index is 1140. The molecular formula is C21H18Cl2N2O3S. The molecule has 0 aliphatic carbocycles. The molecule has 3 rings (SSSR count). The van der Waals surface area contributed by atoms with Gasteiger partial charge in [0.25, 0.3) is 15.9 Å². The summed E-state index contributed by atoms with van der Waals surface area (Å²) in [6, 6.07) is 19.7. The Kier molecular flexibility index (Phi) is 6.47. The maximum atomic E-state index is 12.8. The van der Waals surface area contributed by atoms with Gasteiger partial charge in [-0.25, -0.2) is 8.42 Å². The van der Waals surface area contributed by atoms with E-state index in [0.29, 0.717) is 10.7 Å². The molecule has 0 aromatic heterocycles. The van der Waals surface area contributed by atoms with E-state index in [4.69, 9.17) is 23.2 Å². The highest BCUT2D eigenvalue weighted by Crippen LogP contribution is 2.27. The average molecular weight is 449 g/mol. The number of nitrogens with zero attached hydrogens (tertiary/aromatic N) is 1. The molecule has 0 saturated carbocycles. The van der Waals surface area contributed by atoms with Gasteiger partial charge >= 0.3 is 0 Å². The summed E-state index contributed by atoms with van der Waals surface area (Å²) in [6.45, 7) is 0.262. The minimum Gasteiger partial charge on any atom is -0.348 e. The lowest BCUT2D eigenvalue weighted by atomic mass is 10.1. The number of hydrogen-bond acceptors (Lipinski definition) is 3. The zero-order valence-electron chi connectivity index (χ0n) is 15.5. The van der Waals surface area contributed by atoms with E-state index in [1.165, 1.54) is 31.3 Å². The molecule has 0 atom stereocenters. The van der Waals surface area contributed by atoms with Gasteiger partial charge in [0, 0.05) is 18.6 Å². The molecule has 3 aromatic carbocycles. The molecule has 3 aromatic rings. The molecule has 150 valence electrons. The maximum Gasteiger partial charge on any atom is 0.264 e. The molecule has 0 fully saturated rings. The molecule has 0 spiro atoms. The summed E-state index contributed by atoms with van der Waals surface area (Å²) in [6.07, 6.45) is 0. The largest absolute Gasteiger partial charge is 0.348 e. The summed E-state index contributed by atoms with van der Waals surface area (Å²) in [4.78, 5) is 12.8. The summed E-state index contributed by atoms with van der Waals surface area (Å²) >= 11 is 12.1. The minimum absolute atomic E-state index is 0.157. The van der Waals surface area contributed by atoms with E-state index in [1.54, 1.807) is 42.5 Å². The van der Waals surface area contributed by atoms with Crippen LogP contribution in [0.4, 0.5) is 5.69 Å². The third kappa shape index (κ3) is 4.90. The van der Waals surface area contributed by atoms with Crippen LogP contribution in [0.2, 0.25) is 10.0 Å². The van der Waals surface area contributed by atoms with Gasteiger partial charge in [0.1, 0.15) is 0 Å². The first-order valence-corrected chi connectivity index (χ1v) is 10.8. The third-order valence-corrected chi connectivity index (χ3v) is 6.67. The van der Waals surface area contributed by atoms with Crippen molar-refractivity contribution in [3.8, 4) is 0 Å². The number of sulfonamides is 1. The van der Waals surface area contributed by atoms with Gasteiger partial charge in [0.15, 0.2) is 0 Å². The number of amides is 1. The number of rotatable bonds is 6. The highest BCUT2D eigenvalue weighted by atomic mass is 35.5. The van der Waals surface area contributed by atoms with Gasteiger partial charge < -0.3 is 5.32 Å². The predicted molar refractivity (Wildman–Crippen MR) is 116 cm³/mol. The molecule has 1 N–H and O–H groups in total. The molecular weight excluding hydrogens is 431 g/mol. The van der Waals surface area contributed by atoms with Crippen molar-refractivity contribution in [2.24, 2.45) is 0 Å². The second-order valence-corrected chi connectivity index (χ2v) is 9.08. The Hall–Kier alpha value is -2.54. The Morgan fingerprint density at radius 3 is 2.38 bits per heavy atom. The summed E-state index contributed by atoms with van der Waals surface area (Å²) < 4.78 is 26.8. The first-order valence-electron chi connectivity index (χ1n) is 8.65. The van der Waals surface area contributed by atoms with Crippen LogP contribution in [0.15, 0.2) is 77.7 Å².